The Morgan fingerprint density at radius 1 is 1.37 bits per heavy atom. The van der Waals surface area contributed by atoms with Crippen molar-refractivity contribution >= 4 is 29.8 Å². The lowest BCUT2D eigenvalue weighted by molar-refractivity contribution is -0.141. The van der Waals surface area contributed by atoms with Crippen molar-refractivity contribution in [2.75, 3.05) is 11.9 Å². The minimum absolute atomic E-state index is 0. The van der Waals surface area contributed by atoms with Crippen molar-refractivity contribution in [2.24, 2.45) is 10.7 Å². The lowest BCUT2D eigenvalue weighted by atomic mass is 10.1. The standard InChI is InChI=1S/C16H13F3N6O3.C2H6.2H2/c17-16(18,19)12-4-10(24-15(25-12)22-7-20)14(27)21-5-8-1-2-11-9(3-8)23-13(26)6-28-11;1-2;;/h1-4,7H,5-6H2,(H,21,27)(H,23,26)(H2,20,22,24,25);1-2H3;2*1H. The number of carbonyl (C=O) groups is 2. The third-order valence-electron chi connectivity index (χ3n) is 3.56. The number of amides is 2. The molecule has 0 saturated carbocycles. The number of alkyl halides is 3. The largest absolute Gasteiger partial charge is 0.482 e. The molecule has 0 saturated heterocycles. The van der Waals surface area contributed by atoms with E-state index in [0.29, 0.717) is 23.1 Å². The molecule has 164 valence electrons. The van der Waals surface area contributed by atoms with Crippen molar-refractivity contribution in [3.63, 3.8) is 0 Å². The predicted octanol–water partition coefficient (Wildman–Crippen LogP) is 2.89. The van der Waals surface area contributed by atoms with Gasteiger partial charge in [-0.1, -0.05) is 19.9 Å². The first-order chi connectivity index (χ1) is 14.3. The van der Waals surface area contributed by atoms with Gasteiger partial charge >= 0.3 is 6.18 Å². The number of aliphatic imine (C=N–C) groups is 1. The number of nitrogens with zero attached hydrogens (tertiary/aromatic N) is 3. The summed E-state index contributed by atoms with van der Waals surface area (Å²) >= 11 is 0. The van der Waals surface area contributed by atoms with E-state index in [1.807, 2.05) is 13.8 Å². The normalized spacial score (nSPS) is 12.9. The average Bonchev–Trinajstić information content (AvgIpc) is 2.72. The van der Waals surface area contributed by atoms with E-state index in [4.69, 9.17) is 10.5 Å². The van der Waals surface area contributed by atoms with Crippen molar-refractivity contribution in [3.8, 4) is 5.75 Å². The Bertz CT molecular complexity index is 973. The van der Waals surface area contributed by atoms with Crippen LogP contribution in [0, 0.1) is 0 Å². The number of hydrogen-bond acceptors (Lipinski definition) is 6. The summed E-state index contributed by atoms with van der Waals surface area (Å²) in [5, 5.41) is 5.06. The zero-order valence-electron chi connectivity index (χ0n) is 16.1. The van der Waals surface area contributed by atoms with Crippen LogP contribution in [0.15, 0.2) is 29.3 Å². The van der Waals surface area contributed by atoms with Gasteiger partial charge in [-0.15, -0.1) is 0 Å². The molecule has 2 heterocycles. The Kier molecular flexibility index (Phi) is 7.28. The topological polar surface area (TPSA) is 132 Å². The molecule has 0 spiro atoms. The molecule has 0 unspecified atom stereocenters. The molecule has 0 radical (unpaired) electrons. The van der Waals surface area contributed by atoms with E-state index in [0.717, 1.165) is 6.34 Å². The number of benzene rings is 1. The fraction of sp³-hybridized carbons (Fsp3) is 0.278. The molecule has 0 bridgehead atoms. The second kappa shape index (κ2) is 9.67. The smallest absolute Gasteiger partial charge is 0.433 e. The quantitative estimate of drug-likeness (QED) is 0.507. The van der Waals surface area contributed by atoms with Gasteiger partial charge in [0.05, 0.1) is 12.0 Å². The number of nitrogens with one attached hydrogen (secondary N) is 2. The van der Waals surface area contributed by atoms with Gasteiger partial charge in [0.15, 0.2) is 12.3 Å². The summed E-state index contributed by atoms with van der Waals surface area (Å²) in [6, 6.07) is 5.35. The summed E-state index contributed by atoms with van der Waals surface area (Å²) in [7, 11) is 0. The van der Waals surface area contributed by atoms with Gasteiger partial charge in [0.2, 0.25) is 0 Å². The molecule has 2 amide bonds. The van der Waals surface area contributed by atoms with Gasteiger partial charge in [-0.2, -0.15) is 13.2 Å². The van der Waals surface area contributed by atoms with Gasteiger partial charge in [0.1, 0.15) is 11.4 Å². The molecular formula is C18H23F3N6O3. The molecule has 1 aromatic heterocycles. The molecule has 12 heteroatoms. The highest BCUT2D eigenvalue weighted by Gasteiger charge is 2.34. The fourth-order valence-electron chi connectivity index (χ4n) is 2.33. The van der Waals surface area contributed by atoms with Gasteiger partial charge in [0, 0.05) is 15.5 Å². The molecule has 2 aromatic rings. The Morgan fingerprint density at radius 2 is 2.10 bits per heavy atom. The third-order valence-corrected chi connectivity index (χ3v) is 3.56. The monoisotopic (exact) mass is 428 g/mol. The second-order valence-corrected chi connectivity index (χ2v) is 5.56. The Labute approximate surface area is 172 Å². The number of hydrogen-bond donors (Lipinski definition) is 3. The summed E-state index contributed by atoms with van der Waals surface area (Å²) in [5.74, 6) is -1.29. The van der Waals surface area contributed by atoms with Crippen LogP contribution in [0.2, 0.25) is 0 Å². The number of nitrogens with two attached hydrogens (primary N) is 1. The third kappa shape index (κ3) is 5.65. The summed E-state index contributed by atoms with van der Waals surface area (Å²) in [6.45, 7) is 3.88. The van der Waals surface area contributed by atoms with Crippen molar-refractivity contribution in [1.29, 1.82) is 0 Å². The molecule has 9 nitrogen and oxygen atoms in total. The van der Waals surface area contributed by atoms with Crippen molar-refractivity contribution in [1.82, 2.24) is 15.3 Å². The highest BCUT2D eigenvalue weighted by Crippen LogP contribution is 2.30. The van der Waals surface area contributed by atoms with Crippen LogP contribution in [-0.2, 0) is 17.5 Å². The van der Waals surface area contributed by atoms with Gasteiger partial charge < -0.3 is 21.1 Å². The fourth-order valence-corrected chi connectivity index (χ4v) is 2.33. The van der Waals surface area contributed by atoms with Gasteiger partial charge in [-0.3, -0.25) is 9.59 Å². The number of ether oxygens (including phenoxy) is 1. The van der Waals surface area contributed by atoms with Gasteiger partial charge in [-0.05, 0) is 17.7 Å². The van der Waals surface area contributed by atoms with E-state index in [1.54, 1.807) is 18.2 Å². The summed E-state index contributed by atoms with van der Waals surface area (Å²) < 4.78 is 44.0. The van der Waals surface area contributed by atoms with Crippen LogP contribution in [-0.4, -0.2) is 34.7 Å². The average molecular weight is 428 g/mol. The van der Waals surface area contributed by atoms with Gasteiger partial charge in [0.25, 0.3) is 17.8 Å². The van der Waals surface area contributed by atoms with E-state index in [1.165, 1.54) is 0 Å². The molecule has 4 N–H and O–H groups in total. The van der Waals surface area contributed by atoms with Crippen LogP contribution in [0.3, 0.4) is 0 Å². The number of halogens is 3. The molecule has 30 heavy (non-hydrogen) atoms. The number of anilines is 1. The maximum Gasteiger partial charge on any atom is 0.433 e. The van der Waals surface area contributed by atoms with Crippen LogP contribution >= 0.6 is 0 Å². The molecule has 1 aliphatic heterocycles. The highest BCUT2D eigenvalue weighted by molar-refractivity contribution is 5.95. The first-order valence-corrected chi connectivity index (χ1v) is 8.80. The Morgan fingerprint density at radius 3 is 2.77 bits per heavy atom. The lowest BCUT2D eigenvalue weighted by Gasteiger charge is -2.18. The SMILES string of the molecule is CC.N/C=N\c1nc(C(=O)NCc2ccc3c(c2)NC(=O)CO3)cc(C(F)(F)F)n1.[HH].[HH]. The first-order valence-electron chi connectivity index (χ1n) is 8.80. The first kappa shape index (κ1) is 22.6. The van der Waals surface area contributed by atoms with Crippen molar-refractivity contribution in [2.45, 2.75) is 26.6 Å². The minimum Gasteiger partial charge on any atom is -0.482 e. The molecular weight excluding hydrogens is 405 g/mol. The van der Waals surface area contributed by atoms with Crippen LogP contribution < -0.4 is 21.1 Å². The summed E-state index contributed by atoms with van der Waals surface area (Å²) in [5.41, 5.74) is 4.24. The maximum atomic E-state index is 12.9. The van der Waals surface area contributed by atoms with Crippen molar-refractivity contribution < 1.29 is 30.4 Å². The van der Waals surface area contributed by atoms with E-state index >= 15 is 0 Å². The van der Waals surface area contributed by atoms with Gasteiger partial charge in [-0.25, -0.2) is 15.0 Å². The lowest BCUT2D eigenvalue weighted by Crippen LogP contribution is -2.26. The Hall–Kier alpha value is -3.70. The molecule has 0 atom stereocenters. The van der Waals surface area contributed by atoms with E-state index in [2.05, 4.69) is 25.6 Å². The zero-order chi connectivity index (χ0) is 22.3. The molecule has 0 aliphatic carbocycles. The zero-order valence-corrected chi connectivity index (χ0v) is 16.1. The van der Waals surface area contributed by atoms with E-state index in [-0.39, 0.29) is 21.9 Å². The highest BCUT2D eigenvalue weighted by atomic mass is 19.4. The predicted molar refractivity (Wildman–Crippen MR) is 107 cm³/mol. The van der Waals surface area contributed by atoms with E-state index < -0.39 is 29.4 Å². The number of aromatic nitrogens is 2. The second-order valence-electron chi connectivity index (χ2n) is 5.56. The number of fused-ring (bicyclic) bond motifs is 1. The van der Waals surface area contributed by atoms with Crippen LogP contribution in [0.5, 0.6) is 5.75 Å². The molecule has 1 aromatic carbocycles. The Balaban J connectivity index is 0.00000234. The molecule has 0 fully saturated rings. The van der Waals surface area contributed by atoms with Crippen LogP contribution in [0.1, 0.15) is 38.4 Å². The summed E-state index contributed by atoms with van der Waals surface area (Å²) in [6.07, 6.45) is -4.06. The summed E-state index contributed by atoms with van der Waals surface area (Å²) in [4.78, 5) is 33.8. The van der Waals surface area contributed by atoms with Crippen LogP contribution in [0.25, 0.3) is 0 Å². The minimum atomic E-state index is -4.78. The number of rotatable bonds is 4. The molecule has 3 rings (SSSR count). The van der Waals surface area contributed by atoms with E-state index in [9.17, 15) is 22.8 Å². The number of carbonyl (C=O) groups excluding carboxylic acids is 2. The van der Waals surface area contributed by atoms with Crippen LogP contribution in [0.4, 0.5) is 24.8 Å². The molecule has 1 aliphatic rings. The maximum absolute atomic E-state index is 12.9. The van der Waals surface area contributed by atoms with Crippen molar-refractivity contribution in [3.05, 3.63) is 41.2 Å².